The smallest absolute Gasteiger partial charge is 0.407 e. The Morgan fingerprint density at radius 2 is 2.00 bits per heavy atom. The fourth-order valence-electron chi connectivity index (χ4n) is 2.90. The van der Waals surface area contributed by atoms with E-state index < -0.39 is 19.8 Å². The molecule has 0 radical (unpaired) electrons. The van der Waals surface area contributed by atoms with Crippen molar-refractivity contribution in [2.45, 2.75) is 71.8 Å². The minimum absolute atomic E-state index is 0.349. The van der Waals surface area contributed by atoms with Crippen LogP contribution in [0.1, 0.15) is 32.2 Å². The number of carbonyl (C=O) groups is 1. The van der Waals surface area contributed by atoms with Crippen molar-refractivity contribution in [2.24, 2.45) is 5.73 Å². The van der Waals surface area contributed by atoms with Crippen LogP contribution in [-0.4, -0.2) is 42.5 Å². The van der Waals surface area contributed by atoms with E-state index >= 15 is 0 Å². The van der Waals surface area contributed by atoms with Crippen molar-refractivity contribution in [1.29, 1.82) is 0 Å². The van der Waals surface area contributed by atoms with Crippen LogP contribution in [0.2, 0.25) is 25.7 Å². The van der Waals surface area contributed by atoms with E-state index in [2.05, 4.69) is 25.0 Å². The second-order valence-corrected chi connectivity index (χ2v) is 15.1. The molecule has 1 aromatic carbocycles. The van der Waals surface area contributed by atoms with Crippen molar-refractivity contribution < 1.29 is 14.3 Å². The first-order valence-electron chi connectivity index (χ1n) is 10.2. The minimum Gasteiger partial charge on any atom is -0.444 e. The summed E-state index contributed by atoms with van der Waals surface area (Å²) in [7, 11) is -1.12. The maximum absolute atomic E-state index is 11.9. The van der Waals surface area contributed by atoms with E-state index in [4.69, 9.17) is 20.2 Å². The Labute approximate surface area is 175 Å². The molecule has 0 saturated heterocycles. The van der Waals surface area contributed by atoms with Crippen molar-refractivity contribution in [3.05, 3.63) is 29.6 Å². The lowest BCUT2D eigenvalue weighted by Gasteiger charge is -2.19. The van der Waals surface area contributed by atoms with Crippen molar-refractivity contribution in [3.63, 3.8) is 0 Å². The van der Waals surface area contributed by atoms with Crippen LogP contribution in [0.5, 0.6) is 0 Å². The first-order valence-corrected chi connectivity index (χ1v) is 13.9. The van der Waals surface area contributed by atoms with Gasteiger partial charge in [-0.2, -0.15) is 0 Å². The molecule has 7 nitrogen and oxygen atoms in total. The van der Waals surface area contributed by atoms with Crippen molar-refractivity contribution in [2.75, 3.05) is 13.2 Å². The number of nitrogens with one attached hydrogen (secondary N) is 1. The molecule has 0 spiro atoms. The van der Waals surface area contributed by atoms with Crippen LogP contribution in [0.25, 0.3) is 11.0 Å². The Morgan fingerprint density at radius 1 is 1.28 bits per heavy atom. The molecule has 0 fully saturated rings. The number of carbonyl (C=O) groups excluding carboxylic acids is 1. The largest absolute Gasteiger partial charge is 0.444 e. The first kappa shape index (κ1) is 23.4. The van der Waals surface area contributed by atoms with Gasteiger partial charge in [-0.15, -0.1) is 0 Å². The SMILES string of the molecule is CC(C)(C)OC(=O)NCCc1cccc2c1nc(CN)n2COCC[Si](C)(C)C. The number of aromatic nitrogens is 2. The highest BCUT2D eigenvalue weighted by molar-refractivity contribution is 6.76. The maximum Gasteiger partial charge on any atom is 0.407 e. The van der Waals surface area contributed by atoms with Gasteiger partial charge in [0.25, 0.3) is 0 Å². The van der Waals surface area contributed by atoms with Crippen molar-refractivity contribution in [3.8, 4) is 0 Å². The topological polar surface area (TPSA) is 91.4 Å². The number of benzene rings is 1. The summed E-state index contributed by atoms with van der Waals surface area (Å²) in [6.45, 7) is 14.6. The molecular weight excluding hydrogens is 384 g/mol. The van der Waals surface area contributed by atoms with Gasteiger partial charge in [-0.3, -0.25) is 0 Å². The van der Waals surface area contributed by atoms with E-state index in [9.17, 15) is 4.79 Å². The molecule has 3 N–H and O–H groups in total. The van der Waals surface area contributed by atoms with Gasteiger partial charge in [0.1, 0.15) is 18.2 Å². The number of fused-ring (bicyclic) bond motifs is 1. The van der Waals surface area contributed by atoms with Crippen LogP contribution in [0, 0.1) is 0 Å². The highest BCUT2D eigenvalue weighted by Gasteiger charge is 2.17. The molecule has 0 atom stereocenters. The third kappa shape index (κ3) is 7.45. The number of hydrogen-bond donors (Lipinski definition) is 2. The van der Waals surface area contributed by atoms with Gasteiger partial charge in [-0.1, -0.05) is 31.8 Å². The average molecular weight is 421 g/mol. The molecule has 0 bridgehead atoms. The molecule has 8 heteroatoms. The molecule has 1 heterocycles. The van der Waals surface area contributed by atoms with Crippen LogP contribution in [0.15, 0.2) is 18.2 Å². The molecule has 2 aromatic rings. The number of imidazole rings is 1. The zero-order valence-electron chi connectivity index (χ0n) is 18.7. The summed E-state index contributed by atoms with van der Waals surface area (Å²) in [5.74, 6) is 0.806. The second kappa shape index (κ2) is 9.73. The maximum atomic E-state index is 11.9. The Bertz CT molecular complexity index is 822. The Morgan fingerprint density at radius 3 is 2.62 bits per heavy atom. The molecule has 162 valence electrons. The van der Waals surface area contributed by atoms with Crippen LogP contribution < -0.4 is 11.1 Å². The summed E-state index contributed by atoms with van der Waals surface area (Å²) in [6, 6.07) is 7.20. The van der Waals surface area contributed by atoms with E-state index in [1.807, 2.05) is 43.5 Å². The number of hydrogen-bond acceptors (Lipinski definition) is 5. The number of rotatable bonds is 9. The highest BCUT2D eigenvalue weighted by Crippen LogP contribution is 2.21. The molecular formula is C21H36N4O3Si. The quantitative estimate of drug-likeness (QED) is 0.474. The molecule has 0 aliphatic heterocycles. The summed E-state index contributed by atoms with van der Waals surface area (Å²) in [5.41, 5.74) is 8.41. The van der Waals surface area contributed by atoms with Crippen LogP contribution >= 0.6 is 0 Å². The fourth-order valence-corrected chi connectivity index (χ4v) is 3.66. The monoisotopic (exact) mass is 420 g/mol. The van der Waals surface area contributed by atoms with Crippen LogP contribution in [-0.2, 0) is 29.2 Å². The van der Waals surface area contributed by atoms with Gasteiger partial charge in [0, 0.05) is 21.2 Å². The molecule has 0 saturated carbocycles. The molecule has 0 aliphatic carbocycles. The van der Waals surface area contributed by atoms with Gasteiger partial charge in [-0.25, -0.2) is 9.78 Å². The number of nitrogens with zero attached hydrogens (tertiary/aromatic N) is 2. The third-order valence-corrected chi connectivity index (χ3v) is 6.11. The molecule has 1 aromatic heterocycles. The predicted molar refractivity (Wildman–Crippen MR) is 120 cm³/mol. The van der Waals surface area contributed by atoms with E-state index in [0.717, 1.165) is 35.1 Å². The van der Waals surface area contributed by atoms with Crippen LogP contribution in [0.3, 0.4) is 0 Å². The summed E-state index contributed by atoms with van der Waals surface area (Å²) in [4.78, 5) is 16.6. The number of ether oxygens (including phenoxy) is 2. The van der Waals surface area contributed by atoms with Crippen molar-refractivity contribution in [1.82, 2.24) is 14.9 Å². The lowest BCUT2D eigenvalue weighted by atomic mass is 10.1. The van der Waals surface area contributed by atoms with Gasteiger partial charge in [-0.05, 0) is 44.9 Å². The number of amides is 1. The zero-order valence-corrected chi connectivity index (χ0v) is 19.7. The summed E-state index contributed by atoms with van der Waals surface area (Å²) in [5, 5.41) is 2.80. The van der Waals surface area contributed by atoms with Crippen molar-refractivity contribution >= 4 is 25.2 Å². The molecule has 2 rings (SSSR count). The molecule has 0 aliphatic rings. The normalized spacial score (nSPS) is 12.4. The van der Waals surface area contributed by atoms with E-state index in [1.54, 1.807) is 0 Å². The lowest BCUT2D eigenvalue weighted by Crippen LogP contribution is -2.33. The predicted octanol–water partition coefficient (Wildman–Crippen LogP) is 3.87. The van der Waals surface area contributed by atoms with Gasteiger partial charge >= 0.3 is 6.09 Å². The highest BCUT2D eigenvalue weighted by atomic mass is 28.3. The van der Waals surface area contributed by atoms with Gasteiger partial charge in [0.15, 0.2) is 0 Å². The minimum atomic E-state index is -1.12. The van der Waals surface area contributed by atoms with E-state index in [1.165, 1.54) is 0 Å². The standard InChI is InChI=1S/C21H36N4O3Si/c1-21(2,3)28-20(26)23-11-10-16-8-7-9-17-19(16)24-18(14-22)25(17)15-27-12-13-29(4,5)6/h7-9H,10-15,22H2,1-6H3,(H,23,26). The van der Waals surface area contributed by atoms with E-state index in [0.29, 0.717) is 26.2 Å². The summed E-state index contributed by atoms with van der Waals surface area (Å²) in [6.07, 6.45) is 0.252. The van der Waals surface area contributed by atoms with Gasteiger partial charge < -0.3 is 25.1 Å². The number of alkyl carbamates (subject to hydrolysis) is 1. The third-order valence-electron chi connectivity index (χ3n) is 4.40. The first-order chi connectivity index (χ1) is 13.5. The Balaban J connectivity index is 2.06. The Kier molecular flexibility index (Phi) is 7.84. The van der Waals surface area contributed by atoms with E-state index in [-0.39, 0.29) is 0 Å². The van der Waals surface area contributed by atoms with Crippen LogP contribution in [0.4, 0.5) is 4.79 Å². The molecule has 29 heavy (non-hydrogen) atoms. The van der Waals surface area contributed by atoms with Gasteiger partial charge in [0.2, 0.25) is 0 Å². The average Bonchev–Trinajstić information content (AvgIpc) is 2.95. The number of nitrogens with two attached hydrogens (primary N) is 1. The fraction of sp³-hybridized carbons (Fsp3) is 0.619. The zero-order chi connectivity index (χ0) is 21.7. The second-order valence-electron chi connectivity index (χ2n) is 9.47. The lowest BCUT2D eigenvalue weighted by molar-refractivity contribution is 0.0528. The summed E-state index contributed by atoms with van der Waals surface area (Å²) < 4.78 is 13.3. The van der Waals surface area contributed by atoms with Gasteiger partial charge in [0.05, 0.1) is 17.6 Å². The molecule has 0 unspecified atom stereocenters. The molecule has 1 amide bonds. The summed E-state index contributed by atoms with van der Waals surface area (Å²) >= 11 is 0. The number of para-hydroxylation sites is 1. The Hall–Kier alpha value is -1.90.